The molecule has 0 fully saturated rings. The molecule has 9 nitrogen and oxygen atoms in total. The number of benzene rings is 2. The molecule has 0 aliphatic carbocycles. The van der Waals surface area contributed by atoms with Crippen LogP contribution < -0.4 is 14.8 Å². The van der Waals surface area contributed by atoms with Crippen molar-refractivity contribution < 1.29 is 23.8 Å². The van der Waals surface area contributed by atoms with Crippen LogP contribution >= 0.6 is 0 Å². The Labute approximate surface area is 219 Å². The smallest absolute Gasteiger partial charge is 0.317 e. The van der Waals surface area contributed by atoms with E-state index in [9.17, 15) is 9.59 Å². The molecular formula is C28H38N4O5. The maximum atomic E-state index is 13.7. The summed E-state index contributed by atoms with van der Waals surface area (Å²) in [7, 11) is 4.73. The van der Waals surface area contributed by atoms with Crippen LogP contribution in [0.1, 0.15) is 48.1 Å². The minimum Gasteiger partial charge on any atom is -0.493 e. The molecule has 3 rings (SSSR count). The lowest BCUT2D eigenvalue weighted by Crippen LogP contribution is -2.47. The van der Waals surface area contributed by atoms with Gasteiger partial charge in [0.1, 0.15) is 6.54 Å². The predicted molar refractivity (Wildman–Crippen MR) is 143 cm³/mol. The number of urea groups is 1. The predicted octanol–water partition coefficient (Wildman–Crippen LogP) is 4.07. The Morgan fingerprint density at radius 2 is 1.81 bits per heavy atom. The van der Waals surface area contributed by atoms with Gasteiger partial charge in [-0.2, -0.15) is 5.10 Å². The van der Waals surface area contributed by atoms with Gasteiger partial charge in [-0.1, -0.05) is 25.1 Å². The van der Waals surface area contributed by atoms with Crippen LogP contribution in [0.15, 0.2) is 41.5 Å². The normalized spacial score (nSPS) is 14.8. The zero-order chi connectivity index (χ0) is 26.9. The van der Waals surface area contributed by atoms with E-state index in [1.54, 1.807) is 21.3 Å². The zero-order valence-electron chi connectivity index (χ0n) is 22.7. The summed E-state index contributed by atoms with van der Waals surface area (Å²) in [5.41, 5.74) is 5.01. The van der Waals surface area contributed by atoms with Crippen LogP contribution in [0.2, 0.25) is 0 Å². The lowest BCUT2D eigenvalue weighted by atomic mass is 9.96. The van der Waals surface area contributed by atoms with Crippen LogP contribution in [0.5, 0.6) is 11.5 Å². The summed E-state index contributed by atoms with van der Waals surface area (Å²) in [6, 6.07) is 11.2. The summed E-state index contributed by atoms with van der Waals surface area (Å²) in [4.78, 5) is 27.9. The van der Waals surface area contributed by atoms with Crippen LogP contribution in [-0.4, -0.2) is 75.1 Å². The largest absolute Gasteiger partial charge is 0.493 e. The van der Waals surface area contributed by atoms with E-state index >= 15 is 0 Å². The number of ether oxygens (including phenoxy) is 3. The first-order valence-electron chi connectivity index (χ1n) is 12.5. The Kier molecular flexibility index (Phi) is 9.91. The SMILES string of the molecule is CCCNC(=O)N(CCOC)CC(=O)N1N=C(c2ccc(C)c(C)c2)CC1c1ccc(OC)c(OC)c1. The second-order valence-corrected chi connectivity index (χ2v) is 9.06. The highest BCUT2D eigenvalue weighted by Gasteiger charge is 2.35. The highest BCUT2D eigenvalue weighted by atomic mass is 16.5. The van der Waals surface area contributed by atoms with Crippen molar-refractivity contribution in [3.05, 3.63) is 58.7 Å². The third kappa shape index (κ3) is 6.80. The molecule has 0 bridgehead atoms. The van der Waals surface area contributed by atoms with Crippen LogP contribution in [0.3, 0.4) is 0 Å². The third-order valence-corrected chi connectivity index (χ3v) is 6.50. The molecule has 1 aliphatic rings. The molecule has 0 saturated heterocycles. The van der Waals surface area contributed by atoms with E-state index in [-0.39, 0.29) is 24.5 Å². The summed E-state index contributed by atoms with van der Waals surface area (Å²) in [6.07, 6.45) is 1.33. The van der Waals surface area contributed by atoms with Crippen LogP contribution in [0.4, 0.5) is 4.79 Å². The third-order valence-electron chi connectivity index (χ3n) is 6.50. The quantitative estimate of drug-likeness (QED) is 0.492. The number of methoxy groups -OCH3 is 3. The Morgan fingerprint density at radius 1 is 1.05 bits per heavy atom. The van der Waals surface area contributed by atoms with Crippen molar-refractivity contribution in [2.24, 2.45) is 5.10 Å². The van der Waals surface area contributed by atoms with Crippen LogP contribution in [-0.2, 0) is 9.53 Å². The van der Waals surface area contributed by atoms with Crippen molar-refractivity contribution in [2.45, 2.75) is 39.7 Å². The van der Waals surface area contributed by atoms with Gasteiger partial charge in [0.05, 0.1) is 32.6 Å². The maximum Gasteiger partial charge on any atom is 0.317 e. The van der Waals surface area contributed by atoms with Gasteiger partial charge in [0.25, 0.3) is 5.91 Å². The summed E-state index contributed by atoms with van der Waals surface area (Å²) >= 11 is 0. The molecule has 1 atom stereocenters. The molecule has 1 unspecified atom stereocenters. The average molecular weight is 511 g/mol. The van der Waals surface area contributed by atoms with Gasteiger partial charge in [-0.15, -0.1) is 0 Å². The number of nitrogens with one attached hydrogen (secondary N) is 1. The number of hydrogen-bond acceptors (Lipinski definition) is 6. The number of carbonyl (C=O) groups is 2. The van der Waals surface area contributed by atoms with Gasteiger partial charge < -0.3 is 24.4 Å². The van der Waals surface area contributed by atoms with E-state index in [1.165, 1.54) is 15.5 Å². The zero-order valence-corrected chi connectivity index (χ0v) is 22.7. The Morgan fingerprint density at radius 3 is 2.46 bits per heavy atom. The number of carbonyl (C=O) groups excluding carboxylic acids is 2. The van der Waals surface area contributed by atoms with E-state index in [1.807, 2.05) is 31.2 Å². The molecule has 0 spiro atoms. The summed E-state index contributed by atoms with van der Waals surface area (Å²) < 4.78 is 16.1. The molecule has 0 radical (unpaired) electrons. The highest BCUT2D eigenvalue weighted by molar-refractivity contribution is 6.03. The molecule has 1 heterocycles. The molecule has 1 N–H and O–H groups in total. The van der Waals surface area contributed by atoms with Crippen molar-refractivity contribution in [1.82, 2.24) is 15.2 Å². The van der Waals surface area contributed by atoms with Crippen LogP contribution in [0.25, 0.3) is 0 Å². The van der Waals surface area contributed by atoms with E-state index in [0.29, 0.717) is 37.6 Å². The van der Waals surface area contributed by atoms with E-state index in [2.05, 4.69) is 31.3 Å². The Hall–Kier alpha value is -3.59. The lowest BCUT2D eigenvalue weighted by Gasteiger charge is -2.27. The fourth-order valence-electron chi connectivity index (χ4n) is 4.19. The Bertz CT molecular complexity index is 1130. The number of amides is 3. The fourth-order valence-corrected chi connectivity index (χ4v) is 4.19. The fraction of sp³-hybridized carbons (Fsp3) is 0.464. The number of hydrazone groups is 1. The second kappa shape index (κ2) is 13.1. The summed E-state index contributed by atoms with van der Waals surface area (Å²) in [5.74, 6) is 0.907. The van der Waals surface area contributed by atoms with E-state index in [0.717, 1.165) is 28.8 Å². The van der Waals surface area contributed by atoms with Crippen molar-refractivity contribution in [1.29, 1.82) is 0 Å². The molecule has 9 heteroatoms. The van der Waals surface area contributed by atoms with Crippen molar-refractivity contribution in [2.75, 3.05) is 47.6 Å². The van der Waals surface area contributed by atoms with Gasteiger partial charge in [0.15, 0.2) is 11.5 Å². The first-order valence-corrected chi connectivity index (χ1v) is 12.5. The highest BCUT2D eigenvalue weighted by Crippen LogP contribution is 2.37. The maximum absolute atomic E-state index is 13.7. The van der Waals surface area contributed by atoms with Gasteiger partial charge >= 0.3 is 6.03 Å². The summed E-state index contributed by atoms with van der Waals surface area (Å²) in [6.45, 7) is 7.13. The van der Waals surface area contributed by atoms with Crippen molar-refractivity contribution in [3.63, 3.8) is 0 Å². The number of hydrogen-bond donors (Lipinski definition) is 1. The lowest BCUT2D eigenvalue weighted by molar-refractivity contribution is -0.133. The topological polar surface area (TPSA) is 92.7 Å². The molecule has 1 aliphatic heterocycles. The number of aryl methyl sites for hydroxylation is 2. The molecule has 3 amide bonds. The minimum absolute atomic E-state index is 0.119. The first kappa shape index (κ1) is 28.0. The molecule has 0 aromatic heterocycles. The van der Waals surface area contributed by atoms with Crippen molar-refractivity contribution in [3.8, 4) is 11.5 Å². The minimum atomic E-state index is -0.355. The standard InChI is InChI=1S/C28H38N4O5/c1-7-12-29-28(34)31(13-14-35-4)18-27(33)32-24(22-10-11-25(36-5)26(16-22)37-6)17-23(30-32)21-9-8-19(2)20(3)15-21/h8-11,15-16,24H,7,12-14,17-18H2,1-6H3,(H,29,34). The van der Waals surface area contributed by atoms with Crippen LogP contribution in [0, 0.1) is 13.8 Å². The second-order valence-electron chi connectivity index (χ2n) is 9.06. The first-order chi connectivity index (χ1) is 17.8. The molecule has 2 aromatic carbocycles. The van der Waals surface area contributed by atoms with Gasteiger partial charge in [-0.05, 0) is 60.7 Å². The number of nitrogens with zero attached hydrogens (tertiary/aromatic N) is 3. The van der Waals surface area contributed by atoms with Gasteiger partial charge in [-0.25, -0.2) is 9.80 Å². The van der Waals surface area contributed by atoms with E-state index < -0.39 is 0 Å². The van der Waals surface area contributed by atoms with E-state index in [4.69, 9.17) is 19.3 Å². The van der Waals surface area contributed by atoms with Gasteiger partial charge in [0.2, 0.25) is 0 Å². The number of rotatable bonds is 11. The molecule has 0 saturated carbocycles. The average Bonchev–Trinajstić information content (AvgIpc) is 3.36. The monoisotopic (exact) mass is 510 g/mol. The summed E-state index contributed by atoms with van der Waals surface area (Å²) in [5, 5.41) is 9.13. The van der Waals surface area contributed by atoms with Gasteiger partial charge in [-0.3, -0.25) is 4.79 Å². The van der Waals surface area contributed by atoms with Crippen molar-refractivity contribution >= 4 is 17.6 Å². The molecule has 200 valence electrons. The molecular weight excluding hydrogens is 472 g/mol. The molecule has 2 aromatic rings. The van der Waals surface area contributed by atoms with Gasteiger partial charge in [0, 0.05) is 26.6 Å². The molecule has 37 heavy (non-hydrogen) atoms. The Balaban J connectivity index is 1.95.